The minimum absolute atomic E-state index is 0.00345. The van der Waals surface area contributed by atoms with Gasteiger partial charge in [0.05, 0.1) is 5.60 Å². The van der Waals surface area contributed by atoms with Crippen LogP contribution in [0.1, 0.15) is 93.9 Å². The van der Waals surface area contributed by atoms with Crippen LogP contribution in [0.4, 0.5) is 0 Å². The summed E-state index contributed by atoms with van der Waals surface area (Å²) in [5, 5.41) is 0. The summed E-state index contributed by atoms with van der Waals surface area (Å²) in [6.45, 7) is 18.9. The summed E-state index contributed by atoms with van der Waals surface area (Å²) in [5.74, 6) is 1.28. The fourth-order valence-corrected chi connectivity index (χ4v) is 4.46. The fraction of sp³-hybridized carbons (Fsp3) is 0.692. The molecule has 1 heteroatoms. The Morgan fingerprint density at radius 1 is 0.852 bits per heavy atom. The molecule has 2 aliphatic rings. The van der Waals surface area contributed by atoms with E-state index in [0.717, 1.165) is 6.61 Å². The molecule has 27 heavy (non-hydrogen) atoms. The summed E-state index contributed by atoms with van der Waals surface area (Å²) in [4.78, 5) is 0. The summed E-state index contributed by atoms with van der Waals surface area (Å²) in [5.41, 5.74) is 9.37. The zero-order chi connectivity index (χ0) is 20.2. The second-order valence-corrected chi connectivity index (χ2v) is 9.77. The van der Waals surface area contributed by atoms with Crippen LogP contribution in [-0.2, 0) is 4.74 Å². The summed E-state index contributed by atoms with van der Waals surface area (Å²) in [6, 6.07) is 0. The first-order valence-corrected chi connectivity index (χ1v) is 11.0. The summed E-state index contributed by atoms with van der Waals surface area (Å²) in [7, 11) is 0. The number of allylic oxidation sites excluding steroid dienone is 8. The van der Waals surface area contributed by atoms with Gasteiger partial charge in [-0.25, -0.2) is 0 Å². The highest BCUT2D eigenvalue weighted by molar-refractivity contribution is 5.47. The molecule has 0 bridgehead atoms. The molecule has 2 rings (SSSR count). The molecule has 1 nitrogen and oxygen atoms in total. The molecule has 2 aliphatic carbocycles. The van der Waals surface area contributed by atoms with Crippen molar-refractivity contribution in [2.45, 2.75) is 99.5 Å². The van der Waals surface area contributed by atoms with E-state index in [2.05, 4.69) is 67.5 Å². The molecular formula is C26H42O. The van der Waals surface area contributed by atoms with Gasteiger partial charge in [-0.2, -0.15) is 0 Å². The zero-order valence-corrected chi connectivity index (χ0v) is 19.2. The SMILES string of the molecule is CC1=CC(CCCCCCOC(C)(C)C)=CC1CC1C(C)=C(C)C(C)=C1C. The third-order valence-corrected chi connectivity index (χ3v) is 6.59. The van der Waals surface area contributed by atoms with Gasteiger partial charge in [-0.1, -0.05) is 47.3 Å². The van der Waals surface area contributed by atoms with Crippen molar-refractivity contribution in [1.82, 2.24) is 0 Å². The standard InChI is InChI=1S/C26H42O/c1-18-15-23(13-11-9-10-12-14-27-26(6,7)8)16-24(18)17-25-21(4)19(2)20(3)22(25)5/h15-16,24-25H,9-14,17H2,1-8H3. The van der Waals surface area contributed by atoms with E-state index in [1.807, 2.05) is 0 Å². The predicted octanol–water partition coefficient (Wildman–Crippen LogP) is 7.95. The van der Waals surface area contributed by atoms with Gasteiger partial charge in [0.1, 0.15) is 0 Å². The Morgan fingerprint density at radius 3 is 2.04 bits per heavy atom. The van der Waals surface area contributed by atoms with E-state index in [4.69, 9.17) is 4.74 Å². The lowest BCUT2D eigenvalue weighted by molar-refractivity contribution is -0.00473. The van der Waals surface area contributed by atoms with Crippen molar-refractivity contribution >= 4 is 0 Å². The number of hydrogen-bond acceptors (Lipinski definition) is 1. The lowest BCUT2D eigenvalue weighted by Crippen LogP contribution is -2.19. The van der Waals surface area contributed by atoms with Gasteiger partial charge < -0.3 is 4.74 Å². The maximum atomic E-state index is 5.80. The maximum Gasteiger partial charge on any atom is 0.0598 e. The van der Waals surface area contributed by atoms with Crippen molar-refractivity contribution < 1.29 is 4.74 Å². The van der Waals surface area contributed by atoms with Crippen molar-refractivity contribution in [1.29, 1.82) is 0 Å². The molecule has 0 saturated carbocycles. The van der Waals surface area contributed by atoms with Crippen LogP contribution in [0, 0.1) is 11.8 Å². The van der Waals surface area contributed by atoms with Crippen LogP contribution >= 0.6 is 0 Å². The van der Waals surface area contributed by atoms with E-state index in [-0.39, 0.29) is 5.60 Å². The maximum absolute atomic E-state index is 5.80. The second kappa shape index (κ2) is 9.41. The van der Waals surface area contributed by atoms with Crippen molar-refractivity contribution in [3.63, 3.8) is 0 Å². The fourth-order valence-electron chi connectivity index (χ4n) is 4.46. The monoisotopic (exact) mass is 370 g/mol. The van der Waals surface area contributed by atoms with Gasteiger partial charge in [0.2, 0.25) is 0 Å². The molecular weight excluding hydrogens is 328 g/mol. The Bertz CT molecular complexity index is 624. The largest absolute Gasteiger partial charge is 0.376 e. The highest BCUT2D eigenvalue weighted by atomic mass is 16.5. The molecule has 0 radical (unpaired) electrons. The van der Waals surface area contributed by atoms with E-state index in [1.165, 1.54) is 49.7 Å². The van der Waals surface area contributed by atoms with E-state index in [9.17, 15) is 0 Å². The average molecular weight is 371 g/mol. The molecule has 0 saturated heterocycles. The van der Waals surface area contributed by atoms with Crippen molar-refractivity contribution in [2.75, 3.05) is 6.61 Å². The van der Waals surface area contributed by atoms with Crippen LogP contribution in [0.5, 0.6) is 0 Å². The zero-order valence-electron chi connectivity index (χ0n) is 19.2. The third-order valence-electron chi connectivity index (χ3n) is 6.59. The van der Waals surface area contributed by atoms with Crippen molar-refractivity contribution in [2.24, 2.45) is 11.8 Å². The van der Waals surface area contributed by atoms with Crippen LogP contribution in [0.25, 0.3) is 0 Å². The average Bonchev–Trinajstić information content (AvgIpc) is 3.02. The number of unbranched alkanes of at least 4 members (excludes halogenated alkanes) is 3. The van der Waals surface area contributed by atoms with Crippen LogP contribution < -0.4 is 0 Å². The van der Waals surface area contributed by atoms with Gasteiger partial charge in [0.15, 0.2) is 0 Å². The molecule has 0 heterocycles. The number of hydrogen-bond donors (Lipinski definition) is 0. The lowest BCUT2D eigenvalue weighted by atomic mass is 9.85. The van der Waals surface area contributed by atoms with Gasteiger partial charge >= 0.3 is 0 Å². The van der Waals surface area contributed by atoms with Crippen LogP contribution in [0.15, 0.2) is 45.6 Å². The normalized spacial score (nSPS) is 21.4. The Labute approximate surface area is 168 Å². The Morgan fingerprint density at radius 2 is 1.44 bits per heavy atom. The summed E-state index contributed by atoms with van der Waals surface area (Å²) < 4.78 is 5.80. The van der Waals surface area contributed by atoms with E-state index in [1.54, 1.807) is 22.3 Å². The summed E-state index contributed by atoms with van der Waals surface area (Å²) >= 11 is 0. The molecule has 0 fully saturated rings. The predicted molar refractivity (Wildman–Crippen MR) is 119 cm³/mol. The third kappa shape index (κ3) is 6.21. The van der Waals surface area contributed by atoms with Gasteiger partial charge in [0, 0.05) is 12.5 Å². The molecule has 1 unspecified atom stereocenters. The van der Waals surface area contributed by atoms with Crippen LogP contribution in [0.3, 0.4) is 0 Å². The first-order valence-electron chi connectivity index (χ1n) is 11.0. The molecule has 1 atom stereocenters. The lowest BCUT2D eigenvalue weighted by Gasteiger charge is -2.20. The van der Waals surface area contributed by atoms with Crippen molar-refractivity contribution in [3.05, 3.63) is 45.6 Å². The highest BCUT2D eigenvalue weighted by Gasteiger charge is 2.28. The number of ether oxygens (including phenoxy) is 1. The van der Waals surface area contributed by atoms with E-state index in [0.29, 0.717) is 11.8 Å². The molecule has 0 spiro atoms. The van der Waals surface area contributed by atoms with Crippen LogP contribution in [-0.4, -0.2) is 12.2 Å². The first-order chi connectivity index (χ1) is 12.6. The topological polar surface area (TPSA) is 9.23 Å². The molecule has 0 amide bonds. The summed E-state index contributed by atoms with van der Waals surface area (Å²) in [6.07, 6.45) is 12.6. The highest BCUT2D eigenvalue weighted by Crippen LogP contribution is 2.42. The molecule has 0 aromatic rings. The van der Waals surface area contributed by atoms with Crippen LogP contribution in [0.2, 0.25) is 0 Å². The Kier molecular flexibility index (Phi) is 7.74. The second-order valence-electron chi connectivity index (χ2n) is 9.77. The van der Waals surface area contributed by atoms with Gasteiger partial charge in [-0.3, -0.25) is 0 Å². The van der Waals surface area contributed by atoms with E-state index >= 15 is 0 Å². The smallest absolute Gasteiger partial charge is 0.0598 e. The Hall–Kier alpha value is -1.08. The van der Waals surface area contributed by atoms with Gasteiger partial charge in [-0.05, 0) is 98.1 Å². The molecule has 152 valence electrons. The Balaban J connectivity index is 1.74. The number of rotatable bonds is 9. The quantitative estimate of drug-likeness (QED) is 0.374. The van der Waals surface area contributed by atoms with E-state index < -0.39 is 0 Å². The van der Waals surface area contributed by atoms with Gasteiger partial charge in [0.25, 0.3) is 0 Å². The van der Waals surface area contributed by atoms with Gasteiger partial charge in [-0.15, -0.1) is 0 Å². The minimum atomic E-state index is 0.00345. The molecule has 0 aromatic carbocycles. The molecule has 0 aliphatic heterocycles. The molecule has 0 N–H and O–H groups in total. The first kappa shape index (κ1) is 22.2. The van der Waals surface area contributed by atoms with Crippen molar-refractivity contribution in [3.8, 4) is 0 Å². The minimum Gasteiger partial charge on any atom is -0.376 e. The molecule has 0 aromatic heterocycles.